The summed E-state index contributed by atoms with van der Waals surface area (Å²) in [6.45, 7) is 0.959. The van der Waals surface area contributed by atoms with E-state index in [4.69, 9.17) is 0 Å². The number of aromatic hydroxyl groups is 1. The minimum absolute atomic E-state index is 0.0426. The third kappa shape index (κ3) is 4.36. The topological polar surface area (TPSA) is 40.5 Å². The molecule has 3 nitrogen and oxygen atoms in total. The Morgan fingerprint density at radius 2 is 2.24 bits per heavy atom. The normalized spacial score (nSPS) is 10.8. The zero-order chi connectivity index (χ0) is 12.8. The summed E-state index contributed by atoms with van der Waals surface area (Å²) in [4.78, 5) is 13.7. The number of hydrogen-bond acceptors (Lipinski definition) is 4. The number of benzene rings is 1. The maximum atomic E-state index is 13.0. The van der Waals surface area contributed by atoms with Crippen LogP contribution in [0.5, 0.6) is 5.75 Å². The van der Waals surface area contributed by atoms with Gasteiger partial charge in [-0.1, -0.05) is 0 Å². The van der Waals surface area contributed by atoms with Gasteiger partial charge in [0.2, 0.25) is 0 Å². The molecule has 0 heterocycles. The van der Waals surface area contributed by atoms with Gasteiger partial charge >= 0.3 is 0 Å². The van der Waals surface area contributed by atoms with Gasteiger partial charge < -0.3 is 5.11 Å². The molecule has 1 aromatic carbocycles. The molecule has 0 saturated carbocycles. The van der Waals surface area contributed by atoms with Crippen LogP contribution < -0.4 is 0 Å². The molecule has 0 radical (unpaired) electrons. The first-order chi connectivity index (χ1) is 8.04. The smallest absolute Gasteiger partial charge is 0.180 e. The number of ketones is 1. The highest BCUT2D eigenvalue weighted by atomic mass is 32.2. The van der Waals surface area contributed by atoms with E-state index in [1.807, 2.05) is 18.2 Å². The number of nitrogens with zero attached hydrogens (tertiary/aromatic N) is 1. The third-order valence-corrected chi connectivity index (χ3v) is 2.94. The number of hydrogen-bond donors (Lipinski definition) is 1. The summed E-state index contributed by atoms with van der Waals surface area (Å²) in [5.74, 6) is -0.0305. The van der Waals surface area contributed by atoms with Gasteiger partial charge in [0.15, 0.2) is 5.78 Å². The van der Waals surface area contributed by atoms with Gasteiger partial charge in [-0.15, -0.1) is 0 Å². The van der Waals surface area contributed by atoms with Crippen molar-refractivity contribution >= 4 is 17.5 Å². The van der Waals surface area contributed by atoms with Crippen molar-refractivity contribution in [1.82, 2.24) is 4.90 Å². The van der Waals surface area contributed by atoms with E-state index in [-0.39, 0.29) is 23.6 Å². The molecule has 0 aliphatic heterocycles. The van der Waals surface area contributed by atoms with Crippen LogP contribution in [-0.4, -0.2) is 47.9 Å². The standard InChI is InChI=1S/C12H16FNO2S/c1-14(5-6-17-2)8-12(16)10-7-9(13)3-4-11(10)15/h3-4,7,15H,5-6,8H2,1-2H3. The molecule has 0 aromatic heterocycles. The second-order valence-corrected chi connectivity index (χ2v) is 4.80. The molecular formula is C12H16FNO2S. The molecule has 1 rings (SSSR count). The van der Waals surface area contributed by atoms with Crippen molar-refractivity contribution < 1.29 is 14.3 Å². The minimum Gasteiger partial charge on any atom is -0.507 e. The monoisotopic (exact) mass is 257 g/mol. The Hall–Kier alpha value is -1.07. The zero-order valence-electron chi connectivity index (χ0n) is 9.94. The number of carbonyl (C=O) groups excluding carboxylic acids is 1. The van der Waals surface area contributed by atoms with Crippen LogP contribution in [0.25, 0.3) is 0 Å². The van der Waals surface area contributed by atoms with E-state index in [0.717, 1.165) is 24.4 Å². The number of phenolic OH excluding ortho intramolecular Hbond substituents is 1. The molecule has 0 spiro atoms. The number of Topliss-reactive ketones (excluding diaryl/α,β-unsaturated/α-hetero) is 1. The van der Waals surface area contributed by atoms with Crippen LogP contribution in [0.1, 0.15) is 10.4 Å². The van der Waals surface area contributed by atoms with E-state index in [9.17, 15) is 14.3 Å². The molecule has 0 fully saturated rings. The zero-order valence-corrected chi connectivity index (χ0v) is 10.8. The summed E-state index contributed by atoms with van der Waals surface area (Å²) >= 11 is 1.70. The van der Waals surface area contributed by atoms with Crippen molar-refractivity contribution in [2.75, 3.05) is 32.1 Å². The number of halogens is 1. The van der Waals surface area contributed by atoms with Crippen LogP contribution >= 0.6 is 11.8 Å². The SMILES string of the molecule is CSCCN(C)CC(=O)c1cc(F)ccc1O. The Morgan fingerprint density at radius 1 is 1.53 bits per heavy atom. The van der Waals surface area contributed by atoms with Crippen LogP contribution in [0.15, 0.2) is 18.2 Å². The van der Waals surface area contributed by atoms with Gasteiger partial charge in [-0.2, -0.15) is 11.8 Å². The minimum atomic E-state index is -0.516. The average molecular weight is 257 g/mol. The highest BCUT2D eigenvalue weighted by Gasteiger charge is 2.14. The lowest BCUT2D eigenvalue weighted by atomic mass is 10.1. The Labute approximate surface area is 105 Å². The highest BCUT2D eigenvalue weighted by molar-refractivity contribution is 7.98. The van der Waals surface area contributed by atoms with Crippen LogP contribution in [0.3, 0.4) is 0 Å². The Kier molecular flexibility index (Phi) is 5.44. The molecule has 0 atom stereocenters. The van der Waals surface area contributed by atoms with Crippen molar-refractivity contribution in [1.29, 1.82) is 0 Å². The van der Waals surface area contributed by atoms with Crippen LogP contribution in [0, 0.1) is 5.82 Å². The van der Waals surface area contributed by atoms with Gasteiger partial charge in [0, 0.05) is 12.3 Å². The lowest BCUT2D eigenvalue weighted by molar-refractivity contribution is 0.0946. The van der Waals surface area contributed by atoms with E-state index >= 15 is 0 Å². The maximum absolute atomic E-state index is 13.0. The molecule has 0 bridgehead atoms. The van der Waals surface area contributed by atoms with E-state index in [1.165, 1.54) is 6.07 Å². The molecule has 1 N–H and O–H groups in total. The van der Waals surface area contributed by atoms with Crippen molar-refractivity contribution in [2.45, 2.75) is 0 Å². The first-order valence-corrected chi connectivity index (χ1v) is 6.63. The average Bonchev–Trinajstić information content (AvgIpc) is 2.29. The largest absolute Gasteiger partial charge is 0.507 e. The number of carbonyl (C=O) groups is 1. The number of phenols is 1. The predicted molar refractivity (Wildman–Crippen MR) is 68.3 cm³/mol. The van der Waals surface area contributed by atoms with Gasteiger partial charge in [0.1, 0.15) is 11.6 Å². The van der Waals surface area contributed by atoms with Crippen LogP contribution in [-0.2, 0) is 0 Å². The fourth-order valence-electron chi connectivity index (χ4n) is 1.39. The van der Waals surface area contributed by atoms with Gasteiger partial charge in [0.25, 0.3) is 0 Å². The first-order valence-electron chi connectivity index (χ1n) is 5.23. The lowest BCUT2D eigenvalue weighted by Gasteiger charge is -2.15. The summed E-state index contributed by atoms with van der Waals surface area (Å²) in [6.07, 6.45) is 1.99. The molecule has 5 heteroatoms. The van der Waals surface area contributed by atoms with E-state index in [1.54, 1.807) is 11.8 Å². The molecule has 0 amide bonds. The highest BCUT2D eigenvalue weighted by Crippen LogP contribution is 2.18. The summed E-state index contributed by atoms with van der Waals surface area (Å²) in [7, 11) is 1.82. The van der Waals surface area contributed by atoms with Crippen molar-refractivity contribution in [3.05, 3.63) is 29.6 Å². The van der Waals surface area contributed by atoms with Gasteiger partial charge in [0.05, 0.1) is 12.1 Å². The predicted octanol–water partition coefficient (Wildman–Crippen LogP) is 2.01. The van der Waals surface area contributed by atoms with Crippen LogP contribution in [0.2, 0.25) is 0 Å². The van der Waals surface area contributed by atoms with E-state index in [2.05, 4.69) is 0 Å². The van der Waals surface area contributed by atoms with Gasteiger partial charge in [-0.25, -0.2) is 4.39 Å². The number of likely N-dealkylation sites (N-methyl/N-ethyl adjacent to an activating group) is 1. The first kappa shape index (κ1) is 14.0. The number of thioether (sulfide) groups is 1. The Bertz CT molecular complexity index is 398. The second-order valence-electron chi connectivity index (χ2n) is 3.82. The Balaban J connectivity index is 2.66. The summed E-state index contributed by atoms with van der Waals surface area (Å²) < 4.78 is 13.0. The fraction of sp³-hybridized carbons (Fsp3) is 0.417. The molecule has 0 aliphatic rings. The molecule has 0 aliphatic carbocycles. The third-order valence-electron chi connectivity index (χ3n) is 2.35. The van der Waals surface area contributed by atoms with E-state index in [0.29, 0.717) is 0 Å². The molecule has 0 unspecified atom stereocenters. The van der Waals surface area contributed by atoms with Gasteiger partial charge in [-0.05, 0) is 31.5 Å². The second kappa shape index (κ2) is 6.61. The lowest BCUT2D eigenvalue weighted by Crippen LogP contribution is -2.28. The molecule has 94 valence electrons. The summed E-state index contributed by atoms with van der Waals surface area (Å²) in [6, 6.07) is 3.40. The van der Waals surface area contributed by atoms with E-state index < -0.39 is 5.82 Å². The molecule has 1 aromatic rings. The molecule has 0 saturated heterocycles. The Morgan fingerprint density at radius 3 is 2.88 bits per heavy atom. The van der Waals surface area contributed by atoms with Crippen LogP contribution in [0.4, 0.5) is 4.39 Å². The fourth-order valence-corrected chi connectivity index (χ4v) is 1.88. The summed E-state index contributed by atoms with van der Waals surface area (Å²) in [5, 5.41) is 9.48. The summed E-state index contributed by atoms with van der Waals surface area (Å²) in [5.41, 5.74) is 0.0426. The number of rotatable bonds is 6. The quantitative estimate of drug-likeness (QED) is 0.791. The molecule has 17 heavy (non-hydrogen) atoms. The van der Waals surface area contributed by atoms with Crippen molar-refractivity contribution in [2.24, 2.45) is 0 Å². The molecular weight excluding hydrogens is 241 g/mol. The van der Waals surface area contributed by atoms with Crippen molar-refractivity contribution in [3.63, 3.8) is 0 Å². The maximum Gasteiger partial charge on any atom is 0.180 e. The van der Waals surface area contributed by atoms with Crippen molar-refractivity contribution in [3.8, 4) is 5.75 Å². The van der Waals surface area contributed by atoms with Gasteiger partial charge in [-0.3, -0.25) is 9.69 Å².